The minimum Gasteiger partial charge on any atom is -0.388 e. The van der Waals surface area contributed by atoms with Gasteiger partial charge in [-0.15, -0.1) is 11.6 Å². The molecule has 0 saturated heterocycles. The summed E-state index contributed by atoms with van der Waals surface area (Å²) < 4.78 is 25.1. The average Bonchev–Trinajstić information content (AvgIpc) is 2.10. The van der Waals surface area contributed by atoms with E-state index < -0.39 is 17.7 Å². The van der Waals surface area contributed by atoms with E-state index in [1.807, 2.05) is 0 Å². The summed E-state index contributed by atoms with van der Waals surface area (Å²) in [5.74, 6) is -1.59. The van der Waals surface area contributed by atoms with E-state index in [0.717, 1.165) is 12.1 Å². The van der Waals surface area contributed by atoms with E-state index in [0.29, 0.717) is 12.0 Å². The maximum atomic E-state index is 12.7. The van der Waals surface area contributed by atoms with E-state index in [1.165, 1.54) is 6.07 Å². The first-order chi connectivity index (χ1) is 6.15. The van der Waals surface area contributed by atoms with E-state index in [-0.39, 0.29) is 5.88 Å². The molecule has 13 heavy (non-hydrogen) atoms. The van der Waals surface area contributed by atoms with Crippen LogP contribution in [0.4, 0.5) is 8.78 Å². The minimum absolute atomic E-state index is 0.278. The minimum atomic E-state index is -0.953. The normalized spacial score (nSPS) is 12.9. The van der Waals surface area contributed by atoms with E-state index in [2.05, 4.69) is 0 Å². The van der Waals surface area contributed by atoms with E-state index >= 15 is 0 Å². The zero-order valence-corrected chi connectivity index (χ0v) is 7.56. The Morgan fingerprint density at radius 2 is 2.00 bits per heavy atom. The molecule has 1 aromatic rings. The fraction of sp³-hybridized carbons (Fsp3) is 0.333. The van der Waals surface area contributed by atoms with Crippen molar-refractivity contribution >= 4 is 11.6 Å². The van der Waals surface area contributed by atoms with Crippen molar-refractivity contribution in [1.29, 1.82) is 0 Å². The number of aliphatic hydroxyl groups is 1. The second-order valence-electron chi connectivity index (χ2n) is 2.67. The molecule has 4 heteroatoms. The number of halogens is 3. The second kappa shape index (κ2) is 4.53. The van der Waals surface area contributed by atoms with Gasteiger partial charge in [0.05, 0.1) is 6.10 Å². The van der Waals surface area contributed by atoms with E-state index in [9.17, 15) is 13.9 Å². The predicted octanol–water partition coefficient (Wildman–Crippen LogP) is 2.63. The Morgan fingerprint density at radius 3 is 2.54 bits per heavy atom. The molecule has 0 aliphatic carbocycles. The van der Waals surface area contributed by atoms with E-state index in [4.69, 9.17) is 11.6 Å². The third-order valence-corrected chi connectivity index (χ3v) is 1.93. The summed E-state index contributed by atoms with van der Waals surface area (Å²) in [4.78, 5) is 0. The molecule has 72 valence electrons. The number of hydrogen-bond donors (Lipinski definition) is 1. The highest BCUT2D eigenvalue weighted by Gasteiger charge is 2.09. The van der Waals surface area contributed by atoms with Crippen LogP contribution in [0.1, 0.15) is 18.1 Å². The molecule has 0 aliphatic heterocycles. The van der Waals surface area contributed by atoms with Crippen molar-refractivity contribution in [2.75, 3.05) is 5.88 Å². The summed E-state index contributed by atoms with van der Waals surface area (Å²) in [6, 6.07) is 3.31. The number of benzene rings is 1. The van der Waals surface area contributed by atoms with Gasteiger partial charge in [-0.1, -0.05) is 6.07 Å². The van der Waals surface area contributed by atoms with Gasteiger partial charge in [-0.05, 0) is 24.1 Å². The van der Waals surface area contributed by atoms with Crippen LogP contribution in [0.15, 0.2) is 18.2 Å². The van der Waals surface area contributed by atoms with Crippen molar-refractivity contribution in [3.8, 4) is 0 Å². The number of alkyl halides is 1. The van der Waals surface area contributed by atoms with E-state index in [1.54, 1.807) is 0 Å². The molecule has 0 aliphatic rings. The van der Waals surface area contributed by atoms with Gasteiger partial charge in [-0.2, -0.15) is 0 Å². The molecule has 0 amide bonds. The lowest BCUT2D eigenvalue weighted by Gasteiger charge is -2.08. The molecule has 0 saturated carbocycles. The Labute approximate surface area is 80.0 Å². The first kappa shape index (κ1) is 10.4. The molecule has 0 spiro atoms. The lowest BCUT2D eigenvalue weighted by Crippen LogP contribution is -1.99. The summed E-state index contributed by atoms with van der Waals surface area (Å²) in [5.41, 5.74) is 0.347. The summed E-state index contributed by atoms with van der Waals surface area (Å²) in [6.45, 7) is 0. The largest absolute Gasteiger partial charge is 0.388 e. The van der Waals surface area contributed by atoms with Crippen LogP contribution in [0.2, 0.25) is 0 Å². The second-order valence-corrected chi connectivity index (χ2v) is 3.04. The highest BCUT2D eigenvalue weighted by Crippen LogP contribution is 2.19. The van der Waals surface area contributed by atoms with Crippen LogP contribution in [0, 0.1) is 11.6 Å². The summed E-state index contributed by atoms with van der Waals surface area (Å²) in [7, 11) is 0. The maximum Gasteiger partial charge on any atom is 0.159 e. The molecule has 0 fully saturated rings. The molecule has 0 aromatic heterocycles. The molecule has 1 unspecified atom stereocenters. The fourth-order valence-electron chi connectivity index (χ4n) is 0.990. The summed E-state index contributed by atoms with van der Waals surface area (Å²) in [5, 5.41) is 9.36. The van der Waals surface area contributed by atoms with Crippen molar-refractivity contribution in [3.05, 3.63) is 35.4 Å². The first-order valence-electron chi connectivity index (χ1n) is 3.84. The van der Waals surface area contributed by atoms with Gasteiger partial charge in [0.25, 0.3) is 0 Å². The molecule has 1 nitrogen and oxygen atoms in total. The monoisotopic (exact) mass is 206 g/mol. The SMILES string of the molecule is OC(CCCl)c1ccc(F)c(F)c1. The number of hydrogen-bond acceptors (Lipinski definition) is 1. The Hall–Kier alpha value is -0.670. The van der Waals surface area contributed by atoms with Gasteiger partial charge < -0.3 is 5.11 Å². The molecule has 0 radical (unpaired) electrons. The van der Waals surface area contributed by atoms with Crippen molar-refractivity contribution in [2.24, 2.45) is 0 Å². The van der Waals surface area contributed by atoms with Crippen LogP contribution in [-0.2, 0) is 0 Å². The molecule has 1 rings (SSSR count). The van der Waals surface area contributed by atoms with Crippen LogP contribution in [0.3, 0.4) is 0 Å². The smallest absolute Gasteiger partial charge is 0.159 e. The molecule has 0 bridgehead atoms. The molecule has 1 atom stereocenters. The van der Waals surface area contributed by atoms with Gasteiger partial charge in [0.1, 0.15) is 0 Å². The highest BCUT2D eigenvalue weighted by atomic mass is 35.5. The van der Waals surface area contributed by atoms with Gasteiger partial charge in [-0.3, -0.25) is 0 Å². The average molecular weight is 207 g/mol. The molecule has 1 aromatic carbocycles. The van der Waals surface area contributed by atoms with Gasteiger partial charge in [0, 0.05) is 5.88 Å². The third kappa shape index (κ3) is 2.64. The van der Waals surface area contributed by atoms with Crippen molar-refractivity contribution < 1.29 is 13.9 Å². The Balaban J connectivity index is 2.84. The van der Waals surface area contributed by atoms with Crippen LogP contribution >= 0.6 is 11.6 Å². The number of aliphatic hydroxyl groups excluding tert-OH is 1. The summed E-state index contributed by atoms with van der Waals surface area (Å²) >= 11 is 5.39. The van der Waals surface area contributed by atoms with Crippen molar-refractivity contribution in [3.63, 3.8) is 0 Å². The lowest BCUT2D eigenvalue weighted by atomic mass is 10.1. The molecular weight excluding hydrogens is 198 g/mol. The van der Waals surface area contributed by atoms with Gasteiger partial charge in [-0.25, -0.2) is 8.78 Å². The Kier molecular flexibility index (Phi) is 3.63. The fourth-order valence-corrected chi connectivity index (χ4v) is 1.20. The van der Waals surface area contributed by atoms with Crippen LogP contribution in [-0.4, -0.2) is 11.0 Å². The third-order valence-electron chi connectivity index (χ3n) is 1.71. The van der Waals surface area contributed by atoms with Crippen molar-refractivity contribution in [1.82, 2.24) is 0 Å². The lowest BCUT2D eigenvalue weighted by molar-refractivity contribution is 0.174. The topological polar surface area (TPSA) is 20.2 Å². The van der Waals surface area contributed by atoms with Crippen LogP contribution in [0.5, 0.6) is 0 Å². The molecule has 0 heterocycles. The Bertz CT molecular complexity index is 291. The quantitative estimate of drug-likeness (QED) is 0.754. The predicted molar refractivity (Wildman–Crippen MR) is 46.7 cm³/mol. The number of rotatable bonds is 3. The zero-order chi connectivity index (χ0) is 9.84. The van der Waals surface area contributed by atoms with Gasteiger partial charge in [0.2, 0.25) is 0 Å². The standard InChI is InChI=1S/C9H9ClF2O/c10-4-3-9(13)6-1-2-7(11)8(12)5-6/h1-2,5,9,13H,3-4H2. The first-order valence-corrected chi connectivity index (χ1v) is 4.37. The Morgan fingerprint density at radius 1 is 1.31 bits per heavy atom. The molecular formula is C9H9ClF2O. The highest BCUT2D eigenvalue weighted by molar-refractivity contribution is 6.17. The van der Waals surface area contributed by atoms with Gasteiger partial charge in [0.15, 0.2) is 11.6 Å². The van der Waals surface area contributed by atoms with Crippen LogP contribution in [0.25, 0.3) is 0 Å². The van der Waals surface area contributed by atoms with Crippen molar-refractivity contribution in [2.45, 2.75) is 12.5 Å². The molecule has 1 N–H and O–H groups in total. The summed E-state index contributed by atoms with van der Waals surface area (Å²) in [6.07, 6.45) is -0.500. The van der Waals surface area contributed by atoms with Crippen LogP contribution < -0.4 is 0 Å². The zero-order valence-electron chi connectivity index (χ0n) is 6.80. The van der Waals surface area contributed by atoms with Gasteiger partial charge >= 0.3 is 0 Å². The maximum absolute atomic E-state index is 12.7.